The Morgan fingerprint density at radius 3 is 2.84 bits per heavy atom. The number of nitrogens with one attached hydrogen (secondary N) is 1. The molecule has 0 saturated carbocycles. The van der Waals surface area contributed by atoms with Gasteiger partial charge in [-0.25, -0.2) is 4.52 Å². The highest BCUT2D eigenvalue weighted by molar-refractivity contribution is 7.21. The zero-order chi connectivity index (χ0) is 25.7. The highest BCUT2D eigenvalue weighted by Crippen LogP contribution is 2.42. The first kappa shape index (κ1) is 23.8. The molecule has 2 aliphatic heterocycles. The van der Waals surface area contributed by atoms with Gasteiger partial charge in [0.05, 0.1) is 53.6 Å². The molecule has 0 aliphatic carbocycles. The highest BCUT2D eigenvalue weighted by atomic mass is 32.1. The molecule has 0 bridgehead atoms. The van der Waals surface area contributed by atoms with Crippen molar-refractivity contribution in [2.75, 3.05) is 38.2 Å². The van der Waals surface area contributed by atoms with Crippen molar-refractivity contribution in [2.45, 2.75) is 19.8 Å². The van der Waals surface area contributed by atoms with Crippen LogP contribution in [0.2, 0.25) is 0 Å². The fourth-order valence-electron chi connectivity index (χ4n) is 5.35. The molecule has 2 fully saturated rings. The fraction of sp³-hybridized carbons (Fsp3) is 0.400. The lowest BCUT2D eigenvalue weighted by atomic mass is 9.87. The fourth-order valence-corrected chi connectivity index (χ4v) is 6.55. The summed E-state index contributed by atoms with van der Waals surface area (Å²) >= 11 is 1.42. The number of amides is 2. The van der Waals surface area contributed by atoms with Gasteiger partial charge in [0.2, 0.25) is 5.91 Å². The maximum atomic E-state index is 12.9. The molecule has 37 heavy (non-hydrogen) atoms. The zero-order valence-corrected chi connectivity index (χ0v) is 21.5. The van der Waals surface area contributed by atoms with Gasteiger partial charge in [-0.05, 0) is 32.4 Å². The number of hydrogen-bond acceptors (Lipinski definition) is 8. The minimum atomic E-state index is -0.538. The molecule has 1 atom stereocenters. The molecule has 6 rings (SSSR count). The third kappa shape index (κ3) is 4.30. The quantitative estimate of drug-likeness (QED) is 0.399. The van der Waals surface area contributed by atoms with Gasteiger partial charge in [0.15, 0.2) is 0 Å². The smallest absolute Gasteiger partial charge is 0.253 e. The van der Waals surface area contributed by atoms with E-state index in [1.807, 2.05) is 26.2 Å². The number of nitrogens with two attached hydrogens (primary N) is 1. The van der Waals surface area contributed by atoms with Crippen molar-refractivity contribution in [1.29, 1.82) is 0 Å². The number of carbonyl (C=O) groups is 2. The second kappa shape index (κ2) is 9.05. The Labute approximate surface area is 217 Å². The predicted molar refractivity (Wildman–Crippen MR) is 139 cm³/mol. The molecule has 192 valence electrons. The molecule has 1 spiro atoms. The van der Waals surface area contributed by atoms with Crippen molar-refractivity contribution in [3.05, 3.63) is 42.1 Å². The molecular weight excluding hydrogens is 492 g/mol. The Hall–Kier alpha value is -3.61. The van der Waals surface area contributed by atoms with Gasteiger partial charge in [0.25, 0.3) is 5.91 Å². The van der Waals surface area contributed by atoms with E-state index in [0.717, 1.165) is 66.5 Å². The number of nitrogens with zero attached hydrogens (tertiary/aromatic N) is 6. The Kier molecular flexibility index (Phi) is 5.81. The second-order valence-electron chi connectivity index (χ2n) is 9.99. The lowest BCUT2D eigenvalue weighted by Gasteiger charge is -2.21. The number of likely N-dealkylation sites (tertiary alicyclic amines) is 1. The first-order valence-electron chi connectivity index (χ1n) is 12.2. The largest absolute Gasteiger partial charge is 0.381 e. The van der Waals surface area contributed by atoms with Gasteiger partial charge in [0, 0.05) is 48.6 Å². The van der Waals surface area contributed by atoms with Gasteiger partial charge in [-0.2, -0.15) is 10.2 Å². The number of carbonyl (C=O) groups excluding carboxylic acids is 2. The van der Waals surface area contributed by atoms with Crippen LogP contribution < -0.4 is 11.1 Å². The van der Waals surface area contributed by atoms with Crippen LogP contribution in [0.15, 0.2) is 30.9 Å². The molecule has 4 aromatic heterocycles. The molecule has 6 heterocycles. The predicted octanol–water partition coefficient (Wildman–Crippen LogP) is 2.32. The zero-order valence-electron chi connectivity index (χ0n) is 20.7. The number of hydrogen-bond donors (Lipinski definition) is 2. The monoisotopic (exact) mass is 520 g/mol. The minimum Gasteiger partial charge on any atom is -0.381 e. The average Bonchev–Trinajstić information content (AvgIpc) is 3.66. The van der Waals surface area contributed by atoms with Crippen molar-refractivity contribution in [2.24, 2.45) is 18.2 Å². The summed E-state index contributed by atoms with van der Waals surface area (Å²) in [4.78, 5) is 33.3. The summed E-state index contributed by atoms with van der Waals surface area (Å²) in [6, 6.07) is 1.91. The van der Waals surface area contributed by atoms with E-state index in [4.69, 9.17) is 10.5 Å². The summed E-state index contributed by atoms with van der Waals surface area (Å²) in [7, 11) is 1.85. The van der Waals surface area contributed by atoms with Crippen molar-refractivity contribution in [1.82, 2.24) is 29.3 Å². The standard InChI is InChI=1S/C25H28N8O3S/c1-15-18(7-17(9-27-15)30-20(34)12-32-5-3-25(13-32)4-6-36-14-25)21-22(16-8-28-31(2)11-16)37-24-19(23(26)35)10-29-33(21)24/h7-11H,3-6,12-14H2,1-2H3,(H2,26,35)(H,30,34). The molecule has 0 aromatic carbocycles. The maximum absolute atomic E-state index is 12.9. The summed E-state index contributed by atoms with van der Waals surface area (Å²) in [5, 5.41) is 11.8. The van der Waals surface area contributed by atoms with E-state index in [-0.39, 0.29) is 11.3 Å². The topological polar surface area (TPSA) is 133 Å². The molecular formula is C25H28N8O3S. The van der Waals surface area contributed by atoms with Crippen LogP contribution >= 0.6 is 11.3 Å². The van der Waals surface area contributed by atoms with Gasteiger partial charge in [0.1, 0.15) is 4.83 Å². The SMILES string of the molecule is Cc1ncc(NC(=O)CN2CCC3(CCOC3)C2)cc1-c1c(-c2cnn(C)c2)sc2c(C(N)=O)cnn12. The molecule has 2 aliphatic rings. The molecule has 12 heteroatoms. The number of aryl methyl sites for hydroxylation is 2. The van der Waals surface area contributed by atoms with Gasteiger partial charge in [-0.15, -0.1) is 11.3 Å². The first-order chi connectivity index (χ1) is 17.8. The number of anilines is 1. The molecule has 4 aromatic rings. The lowest BCUT2D eigenvalue weighted by molar-refractivity contribution is -0.117. The number of rotatable bonds is 6. The molecule has 2 amide bonds. The number of ether oxygens (including phenoxy) is 1. The molecule has 11 nitrogen and oxygen atoms in total. The third-order valence-corrected chi connectivity index (χ3v) is 8.50. The Balaban J connectivity index is 1.32. The van der Waals surface area contributed by atoms with Crippen molar-refractivity contribution in [3.8, 4) is 21.7 Å². The average molecular weight is 521 g/mol. The highest BCUT2D eigenvalue weighted by Gasteiger charge is 2.41. The summed E-state index contributed by atoms with van der Waals surface area (Å²) < 4.78 is 9.05. The van der Waals surface area contributed by atoms with E-state index in [2.05, 4.69) is 25.4 Å². The number of pyridine rings is 1. The van der Waals surface area contributed by atoms with Gasteiger partial charge in [-0.3, -0.25) is 24.2 Å². The third-order valence-electron chi connectivity index (χ3n) is 7.28. The Bertz CT molecular complexity index is 1510. The van der Waals surface area contributed by atoms with E-state index >= 15 is 0 Å². The Morgan fingerprint density at radius 2 is 2.11 bits per heavy atom. The van der Waals surface area contributed by atoms with Crippen LogP contribution in [-0.2, 0) is 16.6 Å². The first-order valence-corrected chi connectivity index (χ1v) is 13.0. The summed E-state index contributed by atoms with van der Waals surface area (Å²) in [5.41, 5.74) is 9.98. The molecule has 2 saturated heterocycles. The van der Waals surface area contributed by atoms with E-state index < -0.39 is 5.91 Å². The lowest BCUT2D eigenvalue weighted by Crippen LogP contribution is -2.34. The van der Waals surface area contributed by atoms with E-state index in [9.17, 15) is 9.59 Å². The molecule has 1 unspecified atom stereocenters. The summed E-state index contributed by atoms with van der Waals surface area (Å²) in [6.45, 7) is 5.62. The second-order valence-corrected chi connectivity index (χ2v) is 11.0. The summed E-state index contributed by atoms with van der Waals surface area (Å²) in [6.07, 6.45) is 8.96. The van der Waals surface area contributed by atoms with Crippen LogP contribution in [-0.4, -0.2) is 73.9 Å². The van der Waals surface area contributed by atoms with Crippen molar-refractivity contribution >= 4 is 33.7 Å². The molecule has 0 radical (unpaired) electrons. The van der Waals surface area contributed by atoms with Crippen LogP contribution in [0, 0.1) is 12.3 Å². The van der Waals surface area contributed by atoms with Gasteiger partial charge >= 0.3 is 0 Å². The van der Waals surface area contributed by atoms with Crippen LogP contribution in [0.1, 0.15) is 28.9 Å². The minimum absolute atomic E-state index is 0.0781. The number of fused-ring (bicyclic) bond motifs is 1. The molecule has 3 N–H and O–H groups in total. The van der Waals surface area contributed by atoms with Crippen LogP contribution in [0.25, 0.3) is 26.5 Å². The number of thiazole rings is 1. The maximum Gasteiger partial charge on any atom is 0.253 e. The number of aromatic nitrogens is 5. The van der Waals surface area contributed by atoms with Crippen LogP contribution in [0.5, 0.6) is 0 Å². The van der Waals surface area contributed by atoms with E-state index in [1.165, 1.54) is 17.5 Å². The summed E-state index contributed by atoms with van der Waals surface area (Å²) in [5.74, 6) is -0.616. The van der Waals surface area contributed by atoms with Crippen molar-refractivity contribution < 1.29 is 14.3 Å². The number of primary amides is 1. The van der Waals surface area contributed by atoms with E-state index in [0.29, 0.717) is 22.6 Å². The van der Waals surface area contributed by atoms with Crippen LogP contribution in [0.4, 0.5) is 5.69 Å². The van der Waals surface area contributed by atoms with Gasteiger partial charge < -0.3 is 15.8 Å². The van der Waals surface area contributed by atoms with Crippen molar-refractivity contribution in [3.63, 3.8) is 0 Å². The normalized spacial score (nSPS) is 19.8. The van der Waals surface area contributed by atoms with Crippen LogP contribution in [0.3, 0.4) is 0 Å². The van der Waals surface area contributed by atoms with Gasteiger partial charge in [-0.1, -0.05) is 0 Å². The Morgan fingerprint density at radius 1 is 1.24 bits per heavy atom. The van der Waals surface area contributed by atoms with E-state index in [1.54, 1.807) is 21.6 Å².